The predicted molar refractivity (Wildman–Crippen MR) is 130 cm³/mol. The maximum Gasteiger partial charge on any atom is 0.307 e. The van der Waals surface area contributed by atoms with Crippen molar-refractivity contribution in [3.05, 3.63) is 89.0 Å². The maximum atomic E-state index is 12.7. The third kappa shape index (κ3) is 4.83. The predicted octanol–water partition coefficient (Wildman–Crippen LogP) is 4.43. The Balaban J connectivity index is 1.77. The zero-order valence-electron chi connectivity index (χ0n) is 20.0. The van der Waals surface area contributed by atoms with E-state index in [1.165, 1.54) is 21.3 Å². The first-order valence-corrected chi connectivity index (χ1v) is 11.4. The minimum Gasteiger partial charge on any atom is -0.493 e. The molecule has 0 heterocycles. The number of carboxylic acids is 1. The lowest BCUT2D eigenvalue weighted by molar-refractivity contribution is -0.149. The zero-order valence-corrected chi connectivity index (χ0v) is 20.0. The average Bonchev–Trinajstić information content (AvgIpc) is 2.89. The minimum absolute atomic E-state index is 0.0856. The van der Waals surface area contributed by atoms with Crippen LogP contribution < -0.4 is 14.2 Å². The summed E-state index contributed by atoms with van der Waals surface area (Å²) in [5.41, 5.74) is 3.11. The summed E-state index contributed by atoms with van der Waals surface area (Å²) in [4.78, 5) is 12.7. The molecule has 0 aliphatic heterocycles. The maximum absolute atomic E-state index is 12.7. The number of rotatable bonds is 9. The summed E-state index contributed by atoms with van der Waals surface area (Å²) in [7, 11) is 4.57. The summed E-state index contributed by atoms with van der Waals surface area (Å²) in [5.74, 6) is -1.89. The molecule has 1 aliphatic carbocycles. The normalized spacial score (nSPS) is 21.1. The second kappa shape index (κ2) is 10.8. The minimum atomic E-state index is -1.01. The number of fused-ring (bicyclic) bond motifs is 1. The van der Waals surface area contributed by atoms with E-state index in [1.54, 1.807) is 12.1 Å². The third-order valence-corrected chi connectivity index (χ3v) is 6.63. The van der Waals surface area contributed by atoms with Gasteiger partial charge in [-0.1, -0.05) is 54.6 Å². The van der Waals surface area contributed by atoms with E-state index < -0.39 is 29.8 Å². The molecule has 7 heteroatoms. The standard InChI is InChI=1S/C28H30O7/c1-32-22-13-18(14-23(33-2)27(22)34-3)24-19-11-7-8-12-20(19)26(29)21(25(24)28(30)31)16-35-15-17-9-5-4-6-10-17/h4-14,21,24-26,29H,15-16H2,1-3H3,(H,30,31). The lowest BCUT2D eigenvalue weighted by atomic mass is 9.65. The number of carboxylic acid groups (broad SMARTS) is 1. The van der Waals surface area contributed by atoms with E-state index in [4.69, 9.17) is 18.9 Å². The Bertz CT molecular complexity index is 1140. The van der Waals surface area contributed by atoms with Crippen molar-refractivity contribution in [1.29, 1.82) is 0 Å². The molecule has 35 heavy (non-hydrogen) atoms. The van der Waals surface area contributed by atoms with Gasteiger partial charge in [-0.2, -0.15) is 0 Å². The summed E-state index contributed by atoms with van der Waals surface area (Å²) < 4.78 is 22.5. The van der Waals surface area contributed by atoms with Crippen LogP contribution in [0.2, 0.25) is 0 Å². The van der Waals surface area contributed by atoms with Crippen LogP contribution in [0.25, 0.3) is 0 Å². The fourth-order valence-electron chi connectivity index (χ4n) is 5.01. The van der Waals surface area contributed by atoms with E-state index in [-0.39, 0.29) is 6.61 Å². The molecule has 0 saturated heterocycles. The molecule has 4 rings (SSSR count). The van der Waals surface area contributed by atoms with Crippen molar-refractivity contribution in [3.8, 4) is 17.2 Å². The van der Waals surface area contributed by atoms with Crippen LogP contribution in [0.15, 0.2) is 66.7 Å². The van der Waals surface area contributed by atoms with Crippen molar-refractivity contribution in [2.75, 3.05) is 27.9 Å². The van der Waals surface area contributed by atoms with Crippen molar-refractivity contribution in [2.45, 2.75) is 18.6 Å². The fourth-order valence-corrected chi connectivity index (χ4v) is 5.01. The van der Waals surface area contributed by atoms with Crippen LogP contribution in [-0.2, 0) is 16.1 Å². The first-order valence-electron chi connectivity index (χ1n) is 11.4. The highest BCUT2D eigenvalue weighted by atomic mass is 16.5. The molecule has 4 atom stereocenters. The lowest BCUT2D eigenvalue weighted by Gasteiger charge is -2.40. The fraction of sp³-hybridized carbons (Fsp3) is 0.321. The third-order valence-electron chi connectivity index (χ3n) is 6.63. The van der Waals surface area contributed by atoms with Crippen LogP contribution >= 0.6 is 0 Å². The van der Waals surface area contributed by atoms with Gasteiger partial charge in [-0.05, 0) is 34.4 Å². The van der Waals surface area contributed by atoms with Crippen LogP contribution in [0.4, 0.5) is 0 Å². The highest BCUT2D eigenvalue weighted by Gasteiger charge is 2.47. The SMILES string of the molecule is COc1cc(C2c3ccccc3C(O)C(COCc3ccccc3)C2C(=O)O)cc(OC)c1OC. The number of aliphatic carboxylic acids is 1. The van der Waals surface area contributed by atoms with Crippen LogP contribution in [0.1, 0.15) is 34.3 Å². The zero-order chi connectivity index (χ0) is 24.9. The van der Waals surface area contributed by atoms with Gasteiger partial charge in [0, 0.05) is 11.8 Å². The van der Waals surface area contributed by atoms with Crippen LogP contribution in [-0.4, -0.2) is 44.1 Å². The Morgan fingerprint density at radius 2 is 1.46 bits per heavy atom. The van der Waals surface area contributed by atoms with Gasteiger partial charge in [0.2, 0.25) is 5.75 Å². The van der Waals surface area contributed by atoms with Crippen molar-refractivity contribution in [1.82, 2.24) is 0 Å². The molecule has 0 spiro atoms. The summed E-state index contributed by atoms with van der Waals surface area (Å²) in [5, 5.41) is 21.7. The number of hydrogen-bond acceptors (Lipinski definition) is 6. The Labute approximate surface area is 204 Å². The van der Waals surface area contributed by atoms with E-state index in [1.807, 2.05) is 54.6 Å². The Hall–Kier alpha value is -3.55. The molecule has 3 aromatic carbocycles. The number of carbonyl (C=O) groups is 1. The molecule has 0 fully saturated rings. The molecule has 0 saturated carbocycles. The number of hydrogen-bond donors (Lipinski definition) is 2. The topological polar surface area (TPSA) is 94.5 Å². The van der Waals surface area contributed by atoms with Gasteiger partial charge in [0.15, 0.2) is 11.5 Å². The monoisotopic (exact) mass is 478 g/mol. The number of aliphatic hydroxyl groups is 1. The van der Waals surface area contributed by atoms with Gasteiger partial charge in [0.25, 0.3) is 0 Å². The summed E-state index contributed by atoms with van der Waals surface area (Å²) in [6, 6.07) is 20.6. The smallest absolute Gasteiger partial charge is 0.307 e. The van der Waals surface area contributed by atoms with Crippen LogP contribution in [0.5, 0.6) is 17.2 Å². The summed E-state index contributed by atoms with van der Waals surface area (Å²) in [6.07, 6.45) is -0.985. The number of benzene rings is 3. The van der Waals surface area contributed by atoms with E-state index in [0.29, 0.717) is 35.0 Å². The molecule has 0 amide bonds. The molecule has 3 aromatic rings. The molecule has 4 unspecified atom stereocenters. The number of ether oxygens (including phenoxy) is 4. The molecule has 2 N–H and O–H groups in total. The molecular weight excluding hydrogens is 448 g/mol. The van der Waals surface area contributed by atoms with Gasteiger partial charge >= 0.3 is 5.97 Å². The van der Waals surface area contributed by atoms with Gasteiger partial charge in [0.1, 0.15) is 0 Å². The Morgan fingerprint density at radius 3 is 2.03 bits per heavy atom. The lowest BCUT2D eigenvalue weighted by Crippen LogP contribution is -2.41. The number of aliphatic hydroxyl groups excluding tert-OH is 1. The summed E-state index contributed by atoms with van der Waals surface area (Å²) in [6.45, 7) is 0.412. The largest absolute Gasteiger partial charge is 0.493 e. The number of methoxy groups -OCH3 is 3. The van der Waals surface area contributed by atoms with Crippen molar-refractivity contribution < 1.29 is 34.0 Å². The first-order chi connectivity index (χ1) is 17.0. The highest BCUT2D eigenvalue weighted by Crippen LogP contribution is 2.51. The van der Waals surface area contributed by atoms with Crippen molar-refractivity contribution in [3.63, 3.8) is 0 Å². The van der Waals surface area contributed by atoms with Crippen molar-refractivity contribution in [2.24, 2.45) is 11.8 Å². The van der Waals surface area contributed by atoms with E-state index in [9.17, 15) is 15.0 Å². The van der Waals surface area contributed by atoms with Gasteiger partial charge in [-0.3, -0.25) is 4.79 Å². The molecule has 0 radical (unpaired) electrons. The van der Waals surface area contributed by atoms with Gasteiger partial charge < -0.3 is 29.2 Å². The second-order valence-corrected chi connectivity index (χ2v) is 8.54. The van der Waals surface area contributed by atoms with Gasteiger partial charge in [-0.25, -0.2) is 0 Å². The van der Waals surface area contributed by atoms with E-state index >= 15 is 0 Å². The quantitative estimate of drug-likeness (QED) is 0.470. The van der Waals surface area contributed by atoms with E-state index in [0.717, 1.165) is 11.1 Å². The molecule has 184 valence electrons. The highest BCUT2D eigenvalue weighted by molar-refractivity contribution is 5.74. The molecule has 0 aromatic heterocycles. The van der Waals surface area contributed by atoms with Crippen LogP contribution in [0, 0.1) is 11.8 Å². The van der Waals surface area contributed by atoms with Crippen molar-refractivity contribution >= 4 is 5.97 Å². The molecule has 1 aliphatic rings. The second-order valence-electron chi connectivity index (χ2n) is 8.54. The van der Waals surface area contributed by atoms with Crippen LogP contribution in [0.3, 0.4) is 0 Å². The molecule has 0 bridgehead atoms. The molecule has 7 nitrogen and oxygen atoms in total. The Kier molecular flexibility index (Phi) is 7.58. The molecular formula is C28H30O7. The summed E-state index contributed by atoms with van der Waals surface area (Å²) >= 11 is 0. The average molecular weight is 479 g/mol. The Morgan fingerprint density at radius 1 is 0.857 bits per heavy atom. The van der Waals surface area contributed by atoms with Gasteiger partial charge in [-0.15, -0.1) is 0 Å². The first kappa shape index (κ1) is 24.6. The van der Waals surface area contributed by atoms with Gasteiger partial charge in [0.05, 0.1) is 46.6 Å². The van der Waals surface area contributed by atoms with E-state index in [2.05, 4.69) is 0 Å².